The molecule has 9 nitrogen and oxygen atoms in total. The molecule has 0 aromatic carbocycles. The van der Waals surface area contributed by atoms with Crippen molar-refractivity contribution in [2.45, 2.75) is 38.5 Å². The predicted octanol–water partition coefficient (Wildman–Crippen LogP) is 0.329. The van der Waals surface area contributed by atoms with E-state index in [-0.39, 0.29) is 31.1 Å². The van der Waals surface area contributed by atoms with Crippen molar-refractivity contribution in [1.82, 2.24) is 28.8 Å². The van der Waals surface area contributed by atoms with Crippen LogP contribution in [0.3, 0.4) is 0 Å². The number of carbonyl (C=O) groups excluding carboxylic acids is 1. The molecule has 0 spiro atoms. The van der Waals surface area contributed by atoms with Gasteiger partial charge in [0.2, 0.25) is 11.7 Å². The summed E-state index contributed by atoms with van der Waals surface area (Å²) in [7, 11) is 1.03. The first-order chi connectivity index (χ1) is 13.1. The number of piperidine rings is 1. The van der Waals surface area contributed by atoms with Gasteiger partial charge >= 0.3 is 11.9 Å². The van der Waals surface area contributed by atoms with E-state index in [9.17, 15) is 27.6 Å². The molecule has 0 unspecified atom stereocenters. The number of likely N-dealkylation sites (tertiary alicyclic amines) is 1. The van der Waals surface area contributed by atoms with Crippen LogP contribution in [-0.2, 0) is 24.6 Å². The van der Waals surface area contributed by atoms with E-state index in [2.05, 4.69) is 10.1 Å². The van der Waals surface area contributed by atoms with Crippen LogP contribution in [0.5, 0.6) is 0 Å². The van der Waals surface area contributed by atoms with Gasteiger partial charge < -0.3 is 4.90 Å². The number of alkyl halides is 3. The van der Waals surface area contributed by atoms with Crippen LogP contribution < -0.4 is 11.2 Å². The summed E-state index contributed by atoms with van der Waals surface area (Å²) in [5.74, 6) is -1.54. The van der Waals surface area contributed by atoms with Crippen LogP contribution in [0.2, 0.25) is 0 Å². The molecule has 2 aromatic rings. The molecular weight excluding hydrogens is 381 g/mol. The van der Waals surface area contributed by atoms with Crippen molar-refractivity contribution in [3.05, 3.63) is 44.8 Å². The Morgan fingerprint density at radius 1 is 1.25 bits per heavy atom. The van der Waals surface area contributed by atoms with Gasteiger partial charge in [0.1, 0.15) is 6.54 Å². The quantitative estimate of drug-likeness (QED) is 0.740. The first-order valence-corrected chi connectivity index (χ1v) is 8.61. The molecule has 152 valence electrons. The molecule has 1 fully saturated rings. The second-order valence-corrected chi connectivity index (χ2v) is 6.72. The summed E-state index contributed by atoms with van der Waals surface area (Å²) in [6.07, 6.45) is -2.83. The van der Waals surface area contributed by atoms with Crippen LogP contribution in [-0.4, -0.2) is 47.8 Å². The van der Waals surface area contributed by atoms with Gasteiger partial charge in [-0.05, 0) is 19.8 Å². The fourth-order valence-corrected chi connectivity index (χ4v) is 3.18. The van der Waals surface area contributed by atoms with E-state index in [1.165, 1.54) is 21.9 Å². The average Bonchev–Trinajstić information content (AvgIpc) is 2.93. The van der Waals surface area contributed by atoms with Crippen molar-refractivity contribution < 1.29 is 18.0 Å². The highest BCUT2D eigenvalue weighted by molar-refractivity contribution is 5.76. The first kappa shape index (κ1) is 19.8. The number of hydrogen-bond donors (Lipinski definition) is 0. The minimum absolute atomic E-state index is 0.168. The first-order valence-electron chi connectivity index (χ1n) is 8.61. The molecule has 0 atom stereocenters. The maximum Gasteiger partial charge on any atom is 0.451 e. The molecule has 1 aliphatic rings. The molecule has 1 aliphatic heterocycles. The van der Waals surface area contributed by atoms with E-state index in [0.717, 1.165) is 11.7 Å². The highest BCUT2D eigenvalue weighted by atomic mass is 19.4. The minimum Gasteiger partial charge on any atom is -0.341 e. The van der Waals surface area contributed by atoms with Crippen LogP contribution >= 0.6 is 0 Å². The fourth-order valence-electron chi connectivity index (χ4n) is 3.18. The standard InChI is InChI=1S/C16H19F3N6O3/c1-10-7-12(26)24(9-20-10)8-13(27)23-5-3-11(4-6-23)25-15(28)22(2)14(21-25)16(17,18)19/h7,9,11H,3-6,8H2,1-2H3. The van der Waals surface area contributed by atoms with Gasteiger partial charge in [-0.25, -0.2) is 14.5 Å². The van der Waals surface area contributed by atoms with E-state index in [4.69, 9.17) is 0 Å². The second kappa shape index (κ2) is 7.24. The van der Waals surface area contributed by atoms with Crippen LogP contribution in [0.4, 0.5) is 13.2 Å². The summed E-state index contributed by atoms with van der Waals surface area (Å²) < 4.78 is 41.3. The third-order valence-electron chi connectivity index (χ3n) is 4.74. The fraction of sp³-hybridized carbons (Fsp3) is 0.562. The largest absolute Gasteiger partial charge is 0.451 e. The Hall–Kier alpha value is -2.92. The van der Waals surface area contributed by atoms with Crippen molar-refractivity contribution in [3.8, 4) is 0 Å². The highest BCUT2D eigenvalue weighted by Gasteiger charge is 2.39. The monoisotopic (exact) mass is 400 g/mol. The topological polar surface area (TPSA) is 95.0 Å². The lowest BCUT2D eigenvalue weighted by molar-refractivity contribution is -0.147. The van der Waals surface area contributed by atoms with Gasteiger partial charge in [0.15, 0.2) is 0 Å². The van der Waals surface area contributed by atoms with E-state index in [1.54, 1.807) is 6.92 Å². The molecule has 2 aromatic heterocycles. The predicted molar refractivity (Wildman–Crippen MR) is 90.6 cm³/mol. The molecule has 12 heteroatoms. The van der Waals surface area contributed by atoms with E-state index in [1.807, 2.05) is 0 Å². The number of aryl methyl sites for hydroxylation is 1. The van der Waals surface area contributed by atoms with E-state index in [0.29, 0.717) is 23.1 Å². The number of amides is 1. The van der Waals surface area contributed by atoms with Crippen molar-refractivity contribution in [3.63, 3.8) is 0 Å². The van der Waals surface area contributed by atoms with Gasteiger partial charge in [-0.3, -0.25) is 18.7 Å². The normalized spacial score (nSPS) is 15.8. The third kappa shape index (κ3) is 3.85. The minimum atomic E-state index is -4.72. The molecule has 0 aliphatic carbocycles. The Morgan fingerprint density at radius 2 is 1.89 bits per heavy atom. The van der Waals surface area contributed by atoms with Crippen molar-refractivity contribution in [1.29, 1.82) is 0 Å². The molecule has 0 bridgehead atoms. The maximum absolute atomic E-state index is 12.9. The molecule has 0 saturated carbocycles. The van der Waals surface area contributed by atoms with E-state index < -0.39 is 23.7 Å². The highest BCUT2D eigenvalue weighted by Crippen LogP contribution is 2.28. The van der Waals surface area contributed by atoms with Crippen molar-refractivity contribution >= 4 is 5.91 Å². The summed E-state index contributed by atoms with van der Waals surface area (Å²) in [4.78, 5) is 41.9. The summed E-state index contributed by atoms with van der Waals surface area (Å²) in [5.41, 5.74) is -0.627. The number of halogens is 3. The second-order valence-electron chi connectivity index (χ2n) is 6.72. The molecule has 0 radical (unpaired) electrons. The van der Waals surface area contributed by atoms with Crippen LogP contribution in [0.25, 0.3) is 0 Å². The zero-order valence-corrected chi connectivity index (χ0v) is 15.3. The van der Waals surface area contributed by atoms with Gasteiger partial charge in [-0.15, -0.1) is 5.10 Å². The molecule has 0 N–H and O–H groups in total. The molecule has 28 heavy (non-hydrogen) atoms. The lowest BCUT2D eigenvalue weighted by atomic mass is 10.1. The Bertz CT molecular complexity index is 998. The van der Waals surface area contributed by atoms with Gasteiger partial charge in [0, 0.05) is 31.9 Å². The summed E-state index contributed by atoms with van der Waals surface area (Å²) in [6, 6.07) is 0.799. The number of hydrogen-bond acceptors (Lipinski definition) is 5. The van der Waals surface area contributed by atoms with Gasteiger partial charge in [-0.2, -0.15) is 13.2 Å². The van der Waals surface area contributed by atoms with Gasteiger partial charge in [0.25, 0.3) is 5.56 Å². The molecule has 1 saturated heterocycles. The number of rotatable bonds is 3. The van der Waals surface area contributed by atoms with Crippen LogP contribution in [0.15, 0.2) is 22.0 Å². The number of aromatic nitrogens is 5. The number of carbonyl (C=O) groups is 1. The van der Waals surface area contributed by atoms with Crippen LogP contribution in [0, 0.1) is 6.92 Å². The molecule has 3 rings (SSSR count). The Labute approximate surface area is 157 Å². The summed E-state index contributed by atoms with van der Waals surface area (Å²) in [6.45, 7) is 2.00. The van der Waals surface area contributed by atoms with Gasteiger partial charge in [0.05, 0.1) is 12.4 Å². The molecular formula is C16H19F3N6O3. The van der Waals surface area contributed by atoms with E-state index >= 15 is 0 Å². The van der Waals surface area contributed by atoms with Crippen LogP contribution in [0.1, 0.15) is 30.4 Å². The maximum atomic E-state index is 12.9. The average molecular weight is 400 g/mol. The zero-order valence-electron chi connectivity index (χ0n) is 15.3. The molecule has 1 amide bonds. The summed E-state index contributed by atoms with van der Waals surface area (Å²) in [5, 5.41) is 3.45. The molecule has 3 heterocycles. The zero-order chi connectivity index (χ0) is 20.6. The lowest BCUT2D eigenvalue weighted by Gasteiger charge is -2.31. The van der Waals surface area contributed by atoms with Gasteiger partial charge in [-0.1, -0.05) is 0 Å². The third-order valence-corrected chi connectivity index (χ3v) is 4.74. The van der Waals surface area contributed by atoms with Crippen molar-refractivity contribution in [2.24, 2.45) is 7.05 Å². The summed E-state index contributed by atoms with van der Waals surface area (Å²) >= 11 is 0. The van der Waals surface area contributed by atoms with Crippen molar-refractivity contribution in [2.75, 3.05) is 13.1 Å². The lowest BCUT2D eigenvalue weighted by Crippen LogP contribution is -2.43. The number of nitrogens with zero attached hydrogens (tertiary/aromatic N) is 6. The Kier molecular flexibility index (Phi) is 5.13. The Balaban J connectivity index is 1.67. The Morgan fingerprint density at radius 3 is 2.43 bits per heavy atom. The SMILES string of the molecule is Cc1cc(=O)n(CC(=O)N2CCC(n3nc(C(F)(F)F)n(C)c3=O)CC2)cn1. The smallest absolute Gasteiger partial charge is 0.341 e.